The Morgan fingerprint density at radius 1 is 1.05 bits per heavy atom. The second-order valence-electron chi connectivity index (χ2n) is 8.18. The van der Waals surface area contributed by atoms with E-state index in [1.807, 2.05) is 13.8 Å². The van der Waals surface area contributed by atoms with Crippen LogP contribution in [0.5, 0.6) is 0 Å². The van der Waals surface area contributed by atoms with Crippen LogP contribution in [0.4, 0.5) is 0 Å². The third kappa shape index (κ3) is 6.06. The molecular formula is C17H31NO3. The van der Waals surface area contributed by atoms with Crippen molar-refractivity contribution in [2.45, 2.75) is 78.7 Å². The summed E-state index contributed by atoms with van der Waals surface area (Å²) < 4.78 is 0. The largest absolute Gasteiger partial charge is 0.481 e. The van der Waals surface area contributed by atoms with Crippen LogP contribution in [-0.4, -0.2) is 22.5 Å². The fourth-order valence-corrected chi connectivity index (χ4v) is 3.14. The maximum absolute atomic E-state index is 12.4. The van der Waals surface area contributed by atoms with Gasteiger partial charge >= 0.3 is 5.97 Å². The molecule has 0 aromatic heterocycles. The third-order valence-electron chi connectivity index (χ3n) is 4.75. The first-order valence-corrected chi connectivity index (χ1v) is 8.05. The molecule has 2 N–H and O–H groups in total. The van der Waals surface area contributed by atoms with Crippen molar-refractivity contribution in [3.63, 3.8) is 0 Å². The third-order valence-corrected chi connectivity index (χ3v) is 4.75. The van der Waals surface area contributed by atoms with Crippen LogP contribution in [0.15, 0.2) is 0 Å². The van der Waals surface area contributed by atoms with Gasteiger partial charge in [-0.25, -0.2) is 0 Å². The second-order valence-corrected chi connectivity index (χ2v) is 8.18. The number of carbonyl (C=O) groups excluding carboxylic acids is 1. The van der Waals surface area contributed by atoms with Gasteiger partial charge < -0.3 is 10.4 Å². The molecular weight excluding hydrogens is 266 g/mol. The molecule has 0 unspecified atom stereocenters. The standard InChI is InChI=1S/C17H31NO3/c1-16(2,3)13-8-6-12(7-9-13)15(21)18-17(4,5)11-10-14(19)20/h12-13H,6-11H2,1-5H3,(H,18,21)(H,19,20). The minimum Gasteiger partial charge on any atom is -0.481 e. The van der Waals surface area contributed by atoms with E-state index in [9.17, 15) is 9.59 Å². The lowest BCUT2D eigenvalue weighted by atomic mass is 9.69. The Bertz CT molecular complexity index is 374. The maximum atomic E-state index is 12.4. The molecule has 0 saturated heterocycles. The number of rotatable bonds is 5. The Balaban J connectivity index is 2.45. The molecule has 4 heteroatoms. The zero-order valence-electron chi connectivity index (χ0n) is 14.2. The van der Waals surface area contributed by atoms with Crippen LogP contribution in [0.1, 0.15) is 73.1 Å². The van der Waals surface area contributed by atoms with Crippen LogP contribution in [0.25, 0.3) is 0 Å². The molecule has 0 atom stereocenters. The van der Waals surface area contributed by atoms with Gasteiger partial charge in [0.25, 0.3) is 0 Å². The van der Waals surface area contributed by atoms with Crippen LogP contribution >= 0.6 is 0 Å². The molecule has 0 aliphatic heterocycles. The Labute approximate surface area is 128 Å². The number of aliphatic carboxylic acids is 1. The Kier molecular flexibility index (Phi) is 5.83. The average Bonchev–Trinajstić information content (AvgIpc) is 2.35. The van der Waals surface area contributed by atoms with Crippen molar-refractivity contribution >= 4 is 11.9 Å². The second kappa shape index (κ2) is 6.80. The van der Waals surface area contributed by atoms with Gasteiger partial charge in [-0.1, -0.05) is 20.8 Å². The molecule has 0 heterocycles. The number of carboxylic acids is 1. The fraction of sp³-hybridized carbons (Fsp3) is 0.882. The molecule has 4 nitrogen and oxygen atoms in total. The normalized spacial score (nSPS) is 23.7. The monoisotopic (exact) mass is 297 g/mol. The highest BCUT2D eigenvalue weighted by Gasteiger charge is 2.33. The van der Waals surface area contributed by atoms with Crippen molar-refractivity contribution in [2.24, 2.45) is 17.3 Å². The summed E-state index contributed by atoms with van der Waals surface area (Å²) in [5, 5.41) is 11.8. The number of amides is 1. The Morgan fingerprint density at radius 3 is 2.00 bits per heavy atom. The number of carboxylic acid groups (broad SMARTS) is 1. The first-order valence-electron chi connectivity index (χ1n) is 8.05. The van der Waals surface area contributed by atoms with Gasteiger partial charge in [0, 0.05) is 17.9 Å². The van der Waals surface area contributed by atoms with E-state index >= 15 is 0 Å². The summed E-state index contributed by atoms with van der Waals surface area (Å²) in [5.74, 6) is 0.0648. The van der Waals surface area contributed by atoms with Crippen molar-refractivity contribution in [1.29, 1.82) is 0 Å². The van der Waals surface area contributed by atoms with E-state index in [1.165, 1.54) is 0 Å². The number of nitrogens with one attached hydrogen (secondary N) is 1. The van der Waals surface area contributed by atoms with Crippen molar-refractivity contribution in [1.82, 2.24) is 5.32 Å². The molecule has 1 rings (SSSR count). The summed E-state index contributed by atoms with van der Waals surface area (Å²) in [5.41, 5.74) is -0.126. The molecule has 1 amide bonds. The Hall–Kier alpha value is -1.06. The number of hydrogen-bond donors (Lipinski definition) is 2. The summed E-state index contributed by atoms with van der Waals surface area (Å²) in [7, 11) is 0. The molecule has 21 heavy (non-hydrogen) atoms. The van der Waals surface area contributed by atoms with Crippen molar-refractivity contribution in [3.05, 3.63) is 0 Å². The van der Waals surface area contributed by atoms with Crippen molar-refractivity contribution < 1.29 is 14.7 Å². The van der Waals surface area contributed by atoms with Gasteiger partial charge in [-0.15, -0.1) is 0 Å². The number of carbonyl (C=O) groups is 2. The molecule has 122 valence electrons. The molecule has 0 radical (unpaired) electrons. The lowest BCUT2D eigenvalue weighted by Gasteiger charge is -2.37. The van der Waals surface area contributed by atoms with Crippen LogP contribution in [0.2, 0.25) is 0 Å². The minimum atomic E-state index is -0.817. The van der Waals surface area contributed by atoms with Gasteiger partial charge in [0.2, 0.25) is 5.91 Å². The van der Waals surface area contributed by atoms with E-state index in [-0.39, 0.29) is 18.2 Å². The molecule has 1 aliphatic rings. The van der Waals surface area contributed by atoms with E-state index in [0.29, 0.717) is 17.8 Å². The van der Waals surface area contributed by atoms with E-state index in [0.717, 1.165) is 25.7 Å². The molecule has 0 aromatic carbocycles. The van der Waals surface area contributed by atoms with Gasteiger partial charge in [-0.3, -0.25) is 9.59 Å². The smallest absolute Gasteiger partial charge is 0.303 e. The molecule has 0 aromatic rings. The molecule has 1 aliphatic carbocycles. The summed E-state index contributed by atoms with van der Waals surface area (Å²) in [4.78, 5) is 23.0. The van der Waals surface area contributed by atoms with E-state index in [4.69, 9.17) is 5.11 Å². The SMILES string of the molecule is CC(C)(CCC(=O)O)NC(=O)C1CCC(C(C)(C)C)CC1. The summed E-state index contributed by atoms with van der Waals surface area (Å²) >= 11 is 0. The quantitative estimate of drug-likeness (QED) is 0.815. The van der Waals surface area contributed by atoms with Crippen LogP contribution in [-0.2, 0) is 9.59 Å². The molecule has 0 bridgehead atoms. The first-order chi connectivity index (χ1) is 9.51. The number of hydrogen-bond acceptors (Lipinski definition) is 2. The van der Waals surface area contributed by atoms with Gasteiger partial charge in [-0.05, 0) is 57.3 Å². The zero-order valence-corrected chi connectivity index (χ0v) is 14.2. The highest BCUT2D eigenvalue weighted by Crippen LogP contribution is 2.39. The maximum Gasteiger partial charge on any atom is 0.303 e. The predicted molar refractivity (Wildman–Crippen MR) is 84.0 cm³/mol. The van der Waals surface area contributed by atoms with Gasteiger partial charge in [-0.2, -0.15) is 0 Å². The topological polar surface area (TPSA) is 66.4 Å². The first kappa shape index (κ1) is 18.0. The van der Waals surface area contributed by atoms with Crippen LogP contribution in [0.3, 0.4) is 0 Å². The summed E-state index contributed by atoms with van der Waals surface area (Å²) in [6.45, 7) is 10.6. The fourth-order valence-electron chi connectivity index (χ4n) is 3.14. The summed E-state index contributed by atoms with van der Waals surface area (Å²) in [6, 6.07) is 0. The van der Waals surface area contributed by atoms with Crippen molar-refractivity contribution in [2.75, 3.05) is 0 Å². The van der Waals surface area contributed by atoms with Crippen molar-refractivity contribution in [3.8, 4) is 0 Å². The predicted octanol–water partition coefficient (Wildman–Crippen LogP) is 3.60. The lowest BCUT2D eigenvalue weighted by Crippen LogP contribution is -2.47. The summed E-state index contributed by atoms with van der Waals surface area (Å²) in [6.07, 6.45) is 4.66. The van der Waals surface area contributed by atoms with Crippen LogP contribution in [0, 0.1) is 17.3 Å². The molecule has 1 saturated carbocycles. The Morgan fingerprint density at radius 2 is 1.57 bits per heavy atom. The highest BCUT2D eigenvalue weighted by atomic mass is 16.4. The highest BCUT2D eigenvalue weighted by molar-refractivity contribution is 5.79. The molecule has 1 fully saturated rings. The van der Waals surface area contributed by atoms with E-state index in [2.05, 4.69) is 26.1 Å². The molecule has 0 spiro atoms. The lowest BCUT2D eigenvalue weighted by molar-refractivity contribution is -0.138. The van der Waals surface area contributed by atoms with E-state index in [1.54, 1.807) is 0 Å². The average molecular weight is 297 g/mol. The zero-order chi connectivity index (χ0) is 16.3. The minimum absolute atomic E-state index is 0.0873. The van der Waals surface area contributed by atoms with Gasteiger partial charge in [0.15, 0.2) is 0 Å². The van der Waals surface area contributed by atoms with Crippen LogP contribution < -0.4 is 5.32 Å². The van der Waals surface area contributed by atoms with Gasteiger partial charge in [0.1, 0.15) is 0 Å². The van der Waals surface area contributed by atoms with E-state index < -0.39 is 11.5 Å². The van der Waals surface area contributed by atoms with Gasteiger partial charge in [0.05, 0.1) is 0 Å².